The molecule has 0 heterocycles. The third-order valence-electron chi connectivity index (χ3n) is 3.24. The van der Waals surface area contributed by atoms with E-state index in [-0.39, 0.29) is 5.92 Å². The monoisotopic (exact) mass is 188 g/mol. The molecule has 1 rings (SSSR count). The van der Waals surface area contributed by atoms with Crippen molar-refractivity contribution in [2.45, 2.75) is 51.4 Å². The fourth-order valence-corrected chi connectivity index (χ4v) is 2.11. The summed E-state index contributed by atoms with van der Waals surface area (Å²) in [6, 6.07) is 0. The van der Waals surface area contributed by atoms with Gasteiger partial charge in [0.05, 0.1) is 11.7 Å². The summed E-state index contributed by atoms with van der Waals surface area (Å²) in [5.74, 6) is 0.455. The molecule has 0 saturated heterocycles. The van der Waals surface area contributed by atoms with E-state index in [0.717, 1.165) is 6.42 Å². The summed E-state index contributed by atoms with van der Waals surface area (Å²) in [5, 5.41) is 29.1. The smallest absolute Gasteiger partial charge is 0.108 e. The molecule has 0 spiro atoms. The van der Waals surface area contributed by atoms with Crippen molar-refractivity contribution in [3.8, 4) is 0 Å². The minimum absolute atomic E-state index is 0.107. The number of hydrogen-bond donors (Lipinski definition) is 3. The van der Waals surface area contributed by atoms with Gasteiger partial charge in [-0.05, 0) is 31.6 Å². The van der Waals surface area contributed by atoms with Gasteiger partial charge in [0, 0.05) is 0 Å². The molecule has 0 unspecified atom stereocenters. The second-order valence-electron chi connectivity index (χ2n) is 4.74. The van der Waals surface area contributed by atoms with E-state index in [9.17, 15) is 15.3 Å². The molecule has 4 atom stereocenters. The fourth-order valence-electron chi connectivity index (χ4n) is 2.11. The van der Waals surface area contributed by atoms with Gasteiger partial charge in [0.1, 0.15) is 6.10 Å². The van der Waals surface area contributed by atoms with Gasteiger partial charge in [0.25, 0.3) is 0 Å². The molecule has 1 fully saturated rings. The molecule has 3 heteroatoms. The van der Waals surface area contributed by atoms with E-state index in [2.05, 4.69) is 0 Å². The van der Waals surface area contributed by atoms with Crippen LogP contribution in [0.15, 0.2) is 0 Å². The molecule has 1 aliphatic carbocycles. The van der Waals surface area contributed by atoms with Crippen molar-refractivity contribution < 1.29 is 15.3 Å². The lowest BCUT2D eigenvalue weighted by Gasteiger charge is -2.43. The van der Waals surface area contributed by atoms with Crippen LogP contribution in [0.2, 0.25) is 0 Å². The van der Waals surface area contributed by atoms with Crippen LogP contribution >= 0.6 is 0 Å². The Morgan fingerprint density at radius 3 is 2.31 bits per heavy atom. The Morgan fingerprint density at radius 2 is 1.85 bits per heavy atom. The molecule has 0 aromatic carbocycles. The van der Waals surface area contributed by atoms with E-state index in [0.29, 0.717) is 12.3 Å². The molecule has 0 bridgehead atoms. The van der Waals surface area contributed by atoms with Crippen LogP contribution in [0.4, 0.5) is 0 Å². The van der Waals surface area contributed by atoms with Crippen molar-refractivity contribution >= 4 is 0 Å². The largest absolute Gasteiger partial charge is 0.390 e. The fraction of sp³-hybridized carbons (Fsp3) is 1.00. The van der Waals surface area contributed by atoms with Gasteiger partial charge in [-0.1, -0.05) is 13.8 Å². The molecule has 1 saturated carbocycles. The number of aliphatic hydroxyl groups excluding tert-OH is 2. The van der Waals surface area contributed by atoms with E-state index in [4.69, 9.17) is 0 Å². The molecule has 0 aromatic heterocycles. The number of aliphatic hydroxyl groups is 3. The van der Waals surface area contributed by atoms with Gasteiger partial charge in [-0.2, -0.15) is 0 Å². The first-order chi connectivity index (χ1) is 5.86. The topological polar surface area (TPSA) is 60.7 Å². The van der Waals surface area contributed by atoms with Gasteiger partial charge in [-0.15, -0.1) is 0 Å². The zero-order chi connectivity index (χ0) is 10.2. The summed E-state index contributed by atoms with van der Waals surface area (Å²) >= 11 is 0. The Hall–Kier alpha value is -0.120. The second-order valence-corrected chi connectivity index (χ2v) is 4.74. The quantitative estimate of drug-likeness (QED) is 0.562. The first-order valence-electron chi connectivity index (χ1n) is 4.95. The molecule has 0 aliphatic heterocycles. The SMILES string of the molecule is CC(C)[C@@H]1CC[C@@](C)(O)[C@@H](O)[C@@H]1O. The Bertz CT molecular complexity index is 175. The summed E-state index contributed by atoms with van der Waals surface area (Å²) in [4.78, 5) is 0. The molecule has 3 N–H and O–H groups in total. The van der Waals surface area contributed by atoms with Crippen LogP contribution in [0.3, 0.4) is 0 Å². The molecule has 0 aromatic rings. The highest BCUT2D eigenvalue weighted by atomic mass is 16.4. The first-order valence-corrected chi connectivity index (χ1v) is 4.95. The van der Waals surface area contributed by atoms with Crippen molar-refractivity contribution in [3.05, 3.63) is 0 Å². The van der Waals surface area contributed by atoms with Crippen molar-refractivity contribution in [2.75, 3.05) is 0 Å². The number of hydrogen-bond acceptors (Lipinski definition) is 3. The van der Waals surface area contributed by atoms with E-state index in [1.54, 1.807) is 6.92 Å². The van der Waals surface area contributed by atoms with E-state index in [1.807, 2.05) is 13.8 Å². The van der Waals surface area contributed by atoms with Crippen LogP contribution < -0.4 is 0 Å². The average Bonchev–Trinajstić information content (AvgIpc) is 2.00. The molecular formula is C10H20O3. The lowest BCUT2D eigenvalue weighted by Crippen LogP contribution is -2.54. The predicted molar refractivity (Wildman–Crippen MR) is 50.2 cm³/mol. The Balaban J connectivity index is 2.70. The second kappa shape index (κ2) is 3.56. The summed E-state index contributed by atoms with van der Waals surface area (Å²) in [7, 11) is 0. The Labute approximate surface area is 79.4 Å². The third-order valence-corrected chi connectivity index (χ3v) is 3.24. The van der Waals surface area contributed by atoms with Gasteiger partial charge in [-0.25, -0.2) is 0 Å². The summed E-state index contributed by atoms with van der Waals surface area (Å²) in [5.41, 5.74) is -1.12. The molecule has 78 valence electrons. The van der Waals surface area contributed by atoms with Crippen molar-refractivity contribution in [2.24, 2.45) is 11.8 Å². The predicted octanol–water partition coefficient (Wildman–Crippen LogP) is 0.525. The normalized spacial score (nSPS) is 46.8. The van der Waals surface area contributed by atoms with Gasteiger partial charge in [0.2, 0.25) is 0 Å². The summed E-state index contributed by atoms with van der Waals surface area (Å²) in [6.07, 6.45) is -0.450. The van der Waals surface area contributed by atoms with Crippen LogP contribution in [0.5, 0.6) is 0 Å². The van der Waals surface area contributed by atoms with Crippen molar-refractivity contribution in [1.29, 1.82) is 0 Å². The summed E-state index contributed by atoms with van der Waals surface area (Å²) in [6.45, 7) is 5.64. The van der Waals surface area contributed by atoms with Crippen molar-refractivity contribution in [1.82, 2.24) is 0 Å². The maximum absolute atomic E-state index is 9.73. The standard InChI is InChI=1S/C10H20O3/c1-6(2)7-4-5-10(3,13)9(12)8(7)11/h6-9,11-13H,4-5H2,1-3H3/t7-,8+,9-,10+/m0/s1. The van der Waals surface area contributed by atoms with E-state index < -0.39 is 17.8 Å². The Kier molecular flexibility index (Phi) is 3.00. The van der Waals surface area contributed by atoms with Gasteiger partial charge >= 0.3 is 0 Å². The highest BCUT2D eigenvalue weighted by Gasteiger charge is 2.44. The van der Waals surface area contributed by atoms with Crippen LogP contribution in [0.1, 0.15) is 33.6 Å². The summed E-state index contributed by atoms with van der Waals surface area (Å²) < 4.78 is 0. The van der Waals surface area contributed by atoms with Crippen LogP contribution in [0, 0.1) is 11.8 Å². The zero-order valence-electron chi connectivity index (χ0n) is 8.57. The van der Waals surface area contributed by atoms with Crippen LogP contribution in [-0.2, 0) is 0 Å². The van der Waals surface area contributed by atoms with E-state index in [1.165, 1.54) is 0 Å². The highest BCUT2D eigenvalue weighted by Crippen LogP contribution is 2.35. The van der Waals surface area contributed by atoms with Crippen LogP contribution in [-0.4, -0.2) is 33.1 Å². The molecule has 0 amide bonds. The van der Waals surface area contributed by atoms with Crippen LogP contribution in [0.25, 0.3) is 0 Å². The first kappa shape index (κ1) is 11.0. The van der Waals surface area contributed by atoms with Gasteiger partial charge < -0.3 is 15.3 Å². The molecule has 13 heavy (non-hydrogen) atoms. The minimum atomic E-state index is -1.12. The van der Waals surface area contributed by atoms with Gasteiger partial charge in [-0.3, -0.25) is 0 Å². The molecule has 0 radical (unpaired) electrons. The molecule has 1 aliphatic rings. The van der Waals surface area contributed by atoms with Crippen molar-refractivity contribution in [3.63, 3.8) is 0 Å². The minimum Gasteiger partial charge on any atom is -0.390 e. The van der Waals surface area contributed by atoms with E-state index >= 15 is 0 Å². The zero-order valence-corrected chi connectivity index (χ0v) is 8.57. The maximum Gasteiger partial charge on any atom is 0.108 e. The number of rotatable bonds is 1. The highest BCUT2D eigenvalue weighted by molar-refractivity contribution is 4.95. The maximum atomic E-state index is 9.73. The lowest BCUT2D eigenvalue weighted by atomic mass is 9.71. The molecular weight excluding hydrogens is 168 g/mol. The average molecular weight is 188 g/mol. The third kappa shape index (κ3) is 2.03. The Morgan fingerprint density at radius 1 is 1.31 bits per heavy atom. The van der Waals surface area contributed by atoms with Gasteiger partial charge in [0.15, 0.2) is 0 Å². The lowest BCUT2D eigenvalue weighted by molar-refractivity contribution is -0.166. The molecule has 3 nitrogen and oxygen atoms in total.